The minimum Gasteiger partial charge on any atom is -0.385 e. The zero-order valence-electron chi connectivity index (χ0n) is 14.9. The molecule has 0 fully saturated rings. The summed E-state index contributed by atoms with van der Waals surface area (Å²) in [4.78, 5) is 12.6. The van der Waals surface area contributed by atoms with E-state index >= 15 is 0 Å². The van der Waals surface area contributed by atoms with Crippen LogP contribution in [0.4, 0.5) is 0 Å². The third-order valence-electron chi connectivity index (χ3n) is 3.34. The smallest absolute Gasteiger partial charge is 0.191 e. The van der Waals surface area contributed by atoms with Crippen molar-refractivity contribution in [2.45, 2.75) is 33.2 Å². The van der Waals surface area contributed by atoms with E-state index in [-0.39, 0.29) is 0 Å². The maximum absolute atomic E-state index is 5.07. The lowest BCUT2D eigenvalue weighted by Crippen LogP contribution is -2.41. The van der Waals surface area contributed by atoms with Crippen LogP contribution >= 0.6 is 11.3 Å². The minimum atomic E-state index is 0.629. The van der Waals surface area contributed by atoms with Crippen LogP contribution in [0, 0.1) is 0 Å². The fourth-order valence-corrected chi connectivity index (χ4v) is 2.82. The highest BCUT2D eigenvalue weighted by atomic mass is 32.1. The van der Waals surface area contributed by atoms with Gasteiger partial charge in [-0.05, 0) is 26.8 Å². The number of hydrogen-bond acceptors (Lipinski definition) is 5. The van der Waals surface area contributed by atoms with Crippen molar-refractivity contribution in [1.82, 2.24) is 20.5 Å². The second-order valence-electron chi connectivity index (χ2n) is 5.35. The Morgan fingerprint density at radius 1 is 1.35 bits per heavy atom. The van der Waals surface area contributed by atoms with Crippen molar-refractivity contribution in [2.75, 3.05) is 46.9 Å². The van der Waals surface area contributed by atoms with Gasteiger partial charge >= 0.3 is 0 Å². The van der Waals surface area contributed by atoms with Gasteiger partial charge in [0.25, 0.3) is 0 Å². The molecule has 0 unspecified atom stereocenters. The molecule has 0 spiro atoms. The Labute approximate surface area is 144 Å². The van der Waals surface area contributed by atoms with Gasteiger partial charge in [0.2, 0.25) is 0 Å². The molecule has 0 radical (unpaired) electrons. The number of likely N-dealkylation sites (N-methyl/N-ethyl adjacent to an activating group) is 1. The van der Waals surface area contributed by atoms with Crippen LogP contribution in [0.3, 0.4) is 0 Å². The molecule has 2 N–H and O–H groups in total. The van der Waals surface area contributed by atoms with Crippen LogP contribution < -0.4 is 10.6 Å². The number of rotatable bonds is 11. The molecule has 0 bridgehead atoms. The summed E-state index contributed by atoms with van der Waals surface area (Å²) in [7, 11) is 3.87. The molecular weight excluding hydrogens is 310 g/mol. The molecule has 0 atom stereocenters. The first kappa shape index (κ1) is 19.9. The van der Waals surface area contributed by atoms with Crippen LogP contribution in [-0.4, -0.2) is 62.8 Å². The van der Waals surface area contributed by atoms with Gasteiger partial charge in [-0.25, -0.2) is 9.98 Å². The molecule has 0 saturated carbocycles. The minimum absolute atomic E-state index is 0.629. The van der Waals surface area contributed by atoms with Crippen molar-refractivity contribution in [2.24, 2.45) is 4.99 Å². The number of guanidine groups is 1. The number of thiazole rings is 1. The maximum Gasteiger partial charge on any atom is 0.191 e. The van der Waals surface area contributed by atoms with E-state index in [0.717, 1.165) is 56.6 Å². The Bertz CT molecular complexity index is 449. The summed E-state index contributed by atoms with van der Waals surface area (Å²) < 4.78 is 5.07. The highest BCUT2D eigenvalue weighted by molar-refractivity contribution is 7.11. The molecule has 6 nitrogen and oxygen atoms in total. The van der Waals surface area contributed by atoms with Crippen LogP contribution in [0.1, 0.15) is 30.2 Å². The first-order chi connectivity index (χ1) is 11.2. The third-order valence-corrected chi connectivity index (χ3v) is 4.47. The van der Waals surface area contributed by atoms with Crippen LogP contribution in [0.2, 0.25) is 0 Å². The van der Waals surface area contributed by atoms with E-state index in [2.05, 4.69) is 46.4 Å². The monoisotopic (exact) mass is 341 g/mol. The van der Waals surface area contributed by atoms with Crippen LogP contribution in [-0.2, 0) is 17.7 Å². The first-order valence-electron chi connectivity index (χ1n) is 8.32. The Kier molecular flexibility index (Phi) is 10.6. The molecule has 1 aromatic heterocycles. The number of aromatic nitrogens is 1. The van der Waals surface area contributed by atoms with Crippen molar-refractivity contribution < 1.29 is 4.74 Å². The molecule has 0 saturated heterocycles. The second-order valence-corrected chi connectivity index (χ2v) is 6.55. The summed E-state index contributed by atoms with van der Waals surface area (Å²) >= 11 is 1.74. The van der Waals surface area contributed by atoms with E-state index in [1.807, 2.05) is 6.20 Å². The van der Waals surface area contributed by atoms with Crippen LogP contribution in [0.25, 0.3) is 0 Å². The topological polar surface area (TPSA) is 61.8 Å². The van der Waals surface area contributed by atoms with Crippen molar-refractivity contribution >= 4 is 17.3 Å². The van der Waals surface area contributed by atoms with Crippen LogP contribution in [0.15, 0.2) is 11.2 Å². The zero-order chi connectivity index (χ0) is 16.9. The lowest BCUT2D eigenvalue weighted by Gasteiger charge is -2.18. The number of aliphatic imine (C=N–C) groups is 1. The van der Waals surface area contributed by atoms with Gasteiger partial charge in [-0.1, -0.05) is 6.92 Å². The summed E-state index contributed by atoms with van der Waals surface area (Å²) in [6.07, 6.45) is 4.05. The van der Waals surface area contributed by atoms with Gasteiger partial charge in [0.15, 0.2) is 5.96 Å². The average Bonchev–Trinajstić information content (AvgIpc) is 3.01. The number of nitrogens with zero attached hydrogens (tertiary/aromatic N) is 3. The summed E-state index contributed by atoms with van der Waals surface area (Å²) in [5.74, 6) is 0.853. The van der Waals surface area contributed by atoms with Crippen molar-refractivity contribution in [3.63, 3.8) is 0 Å². The van der Waals surface area contributed by atoms with Crippen molar-refractivity contribution in [3.8, 4) is 0 Å². The quantitative estimate of drug-likeness (QED) is 0.365. The van der Waals surface area contributed by atoms with Gasteiger partial charge in [-0.2, -0.15) is 0 Å². The summed E-state index contributed by atoms with van der Waals surface area (Å²) in [6, 6.07) is 0. The highest BCUT2D eigenvalue weighted by Crippen LogP contribution is 2.13. The number of nitrogens with one attached hydrogen (secondary N) is 2. The first-order valence-corrected chi connectivity index (χ1v) is 9.14. The Morgan fingerprint density at radius 2 is 2.17 bits per heavy atom. The fraction of sp³-hybridized carbons (Fsp3) is 0.750. The van der Waals surface area contributed by atoms with E-state index in [1.54, 1.807) is 18.4 Å². The molecule has 0 aliphatic heterocycles. The van der Waals surface area contributed by atoms with Gasteiger partial charge in [0.1, 0.15) is 5.01 Å². The molecule has 0 aromatic carbocycles. The summed E-state index contributed by atoms with van der Waals surface area (Å²) in [6.45, 7) is 9.41. The van der Waals surface area contributed by atoms with E-state index < -0.39 is 0 Å². The van der Waals surface area contributed by atoms with Crippen molar-refractivity contribution in [1.29, 1.82) is 0 Å². The molecular formula is C16H31N5OS. The van der Waals surface area contributed by atoms with Crippen LogP contribution in [0.5, 0.6) is 0 Å². The van der Waals surface area contributed by atoms with Gasteiger partial charge in [-0.15, -0.1) is 11.3 Å². The lowest BCUT2D eigenvalue weighted by molar-refractivity contribution is 0.180. The standard InChI is InChI=1S/C16H31N5OS/c1-5-14-12-19-15(23-14)13-20-16(17-6-2)18-8-10-21(3)9-7-11-22-4/h12H,5-11,13H2,1-4H3,(H2,17,18,20). The maximum atomic E-state index is 5.07. The van der Waals surface area contributed by atoms with E-state index in [1.165, 1.54) is 4.88 Å². The van der Waals surface area contributed by atoms with Gasteiger partial charge in [-0.3, -0.25) is 0 Å². The summed E-state index contributed by atoms with van der Waals surface area (Å²) in [5, 5.41) is 7.72. The highest BCUT2D eigenvalue weighted by Gasteiger charge is 2.03. The molecule has 1 heterocycles. The molecule has 0 amide bonds. The number of aryl methyl sites for hydroxylation is 1. The predicted octanol–water partition coefficient (Wildman–Crippen LogP) is 1.73. The number of ether oxygens (including phenoxy) is 1. The lowest BCUT2D eigenvalue weighted by atomic mass is 10.4. The Morgan fingerprint density at radius 3 is 2.83 bits per heavy atom. The third kappa shape index (κ3) is 8.88. The normalized spacial score (nSPS) is 12.0. The molecule has 23 heavy (non-hydrogen) atoms. The second kappa shape index (κ2) is 12.3. The predicted molar refractivity (Wildman–Crippen MR) is 98.3 cm³/mol. The molecule has 1 rings (SSSR count). The van der Waals surface area contributed by atoms with E-state index in [9.17, 15) is 0 Å². The summed E-state index contributed by atoms with van der Waals surface area (Å²) in [5.41, 5.74) is 0. The Hall–Kier alpha value is -1.18. The van der Waals surface area contributed by atoms with E-state index in [4.69, 9.17) is 4.74 Å². The molecule has 132 valence electrons. The van der Waals surface area contributed by atoms with Gasteiger partial charge < -0.3 is 20.3 Å². The number of hydrogen-bond donors (Lipinski definition) is 2. The van der Waals surface area contributed by atoms with Crippen molar-refractivity contribution in [3.05, 3.63) is 16.1 Å². The zero-order valence-corrected chi connectivity index (χ0v) is 15.7. The van der Waals surface area contributed by atoms with Gasteiger partial charge in [0.05, 0.1) is 6.54 Å². The number of methoxy groups -OCH3 is 1. The molecule has 7 heteroatoms. The molecule has 0 aliphatic rings. The average molecular weight is 342 g/mol. The van der Waals surface area contributed by atoms with Gasteiger partial charge in [0, 0.05) is 51.0 Å². The largest absolute Gasteiger partial charge is 0.385 e. The SMILES string of the molecule is CCNC(=NCc1ncc(CC)s1)NCCN(C)CCCOC. The van der Waals surface area contributed by atoms with E-state index in [0.29, 0.717) is 6.54 Å². The molecule has 0 aliphatic carbocycles. The Balaban J connectivity index is 2.34. The fourth-order valence-electron chi connectivity index (χ4n) is 2.03. The molecule has 1 aromatic rings.